The smallest absolute Gasteiger partial charge is 0.393 e. The lowest BCUT2D eigenvalue weighted by molar-refractivity contribution is -0.124. The fourth-order valence-electron chi connectivity index (χ4n) is 6.26. The van der Waals surface area contributed by atoms with Gasteiger partial charge < -0.3 is 26.2 Å². The maximum absolute atomic E-state index is 12.8. The monoisotopic (exact) mass is 797 g/mol. The Morgan fingerprint density at radius 2 is 1.04 bits per heavy atom. The number of unbranched alkanes of at least 4 members (excludes halogenated alkanes) is 21. The first-order chi connectivity index (χ1) is 26.8. The van der Waals surface area contributed by atoms with Crippen LogP contribution in [-0.2, 0) is 18.4 Å². The second kappa shape index (κ2) is 40.6. The molecule has 0 aromatic rings. The Hall–Kier alpha value is -1.58. The van der Waals surface area contributed by atoms with Gasteiger partial charge in [0.15, 0.2) is 0 Å². The Labute approximate surface area is 337 Å². The summed E-state index contributed by atoms with van der Waals surface area (Å²) in [6, 6.07) is -1.01. The van der Waals surface area contributed by atoms with Crippen LogP contribution >= 0.6 is 7.82 Å². The molecule has 0 aromatic heterocycles. The average Bonchev–Trinajstić information content (AvgIpc) is 3.16. The van der Waals surface area contributed by atoms with Gasteiger partial charge in [0.2, 0.25) is 5.91 Å². The first-order valence-electron chi connectivity index (χ1n) is 22.3. The molecule has 55 heavy (non-hydrogen) atoms. The molecule has 9 nitrogen and oxygen atoms in total. The summed E-state index contributed by atoms with van der Waals surface area (Å²) < 4.78 is 22.0. The van der Waals surface area contributed by atoms with Crippen LogP contribution in [0.4, 0.5) is 0 Å². The number of amides is 1. The normalized spacial score (nSPS) is 15.1. The van der Waals surface area contributed by atoms with Gasteiger partial charge in [-0.15, -0.1) is 0 Å². The number of aliphatic hydroxyl groups is 2. The number of carbonyl (C=O) groups excluding carboxylic acids is 1. The number of hydrogen-bond donors (Lipinski definition) is 5. The molecule has 10 heteroatoms. The van der Waals surface area contributed by atoms with Crippen molar-refractivity contribution in [2.45, 2.75) is 212 Å². The number of phosphoric acid groups is 1. The molecule has 0 aliphatic carbocycles. The van der Waals surface area contributed by atoms with Gasteiger partial charge in [-0.2, -0.15) is 0 Å². The minimum Gasteiger partial charge on any atom is -0.393 e. The topological polar surface area (TPSA) is 151 Å². The second-order valence-electron chi connectivity index (χ2n) is 15.1. The van der Waals surface area contributed by atoms with Crippen LogP contribution in [0.25, 0.3) is 0 Å². The molecule has 0 aliphatic rings. The van der Waals surface area contributed by atoms with Crippen molar-refractivity contribution in [1.82, 2.24) is 5.32 Å². The van der Waals surface area contributed by atoms with E-state index in [0.717, 1.165) is 57.8 Å². The van der Waals surface area contributed by atoms with Gasteiger partial charge in [0, 0.05) is 6.54 Å². The van der Waals surface area contributed by atoms with Crippen LogP contribution in [0, 0.1) is 0 Å². The number of aliphatic hydroxyl groups excluding tert-OH is 2. The summed E-state index contributed by atoms with van der Waals surface area (Å²) in [7, 11) is -4.41. The van der Waals surface area contributed by atoms with Crippen molar-refractivity contribution in [2.24, 2.45) is 5.73 Å². The number of carbonyl (C=O) groups is 1. The first kappa shape index (κ1) is 53.4. The molecule has 0 saturated carbocycles. The van der Waals surface area contributed by atoms with E-state index in [-0.39, 0.29) is 19.6 Å². The maximum Gasteiger partial charge on any atom is 0.472 e. The summed E-state index contributed by atoms with van der Waals surface area (Å²) in [5.74, 6) is -0.466. The standard InChI is InChI=1S/C45H85N2O7P/c1-3-5-7-9-11-13-15-17-19-20-21-22-23-24-26-28-30-32-34-36-42(48)40-45(50)47-43(41-54-55(51,52)53-39-38-46)44(49)37-35-33-31-29-27-25-18-16-14-12-10-8-6-4-2/h14,16,22-23,27,29,35,37,42-44,48-49H,3-13,15,17-21,24-26,28,30-34,36,38-41,46H2,1-2H3,(H,47,50)(H,51,52)/b16-14+,23-22-,29-27+,37-35+. The number of nitrogens with two attached hydrogens (primary N) is 1. The number of rotatable bonds is 41. The number of allylic oxidation sites excluding steroid dienone is 7. The highest BCUT2D eigenvalue weighted by Gasteiger charge is 2.27. The van der Waals surface area contributed by atoms with E-state index in [0.29, 0.717) is 12.8 Å². The molecule has 6 N–H and O–H groups in total. The summed E-state index contributed by atoms with van der Waals surface area (Å²) >= 11 is 0. The molecule has 0 saturated heterocycles. The molecule has 0 bridgehead atoms. The Morgan fingerprint density at radius 1 is 0.618 bits per heavy atom. The van der Waals surface area contributed by atoms with Crippen LogP contribution in [-0.4, -0.2) is 59.0 Å². The molecular formula is C45H85N2O7P. The van der Waals surface area contributed by atoms with Gasteiger partial charge >= 0.3 is 7.82 Å². The summed E-state index contributed by atoms with van der Waals surface area (Å²) in [6.07, 6.45) is 46.3. The quantitative estimate of drug-likeness (QED) is 0.0233. The molecular weight excluding hydrogens is 711 g/mol. The van der Waals surface area contributed by atoms with Gasteiger partial charge in [0.1, 0.15) is 0 Å². The van der Waals surface area contributed by atoms with E-state index < -0.39 is 38.6 Å². The highest BCUT2D eigenvalue weighted by Crippen LogP contribution is 2.43. The summed E-state index contributed by atoms with van der Waals surface area (Å²) in [5, 5.41) is 24.0. The molecule has 0 fully saturated rings. The van der Waals surface area contributed by atoms with E-state index in [1.807, 2.05) is 6.08 Å². The zero-order chi connectivity index (χ0) is 40.5. The first-order valence-corrected chi connectivity index (χ1v) is 23.8. The van der Waals surface area contributed by atoms with E-state index in [1.165, 1.54) is 103 Å². The third kappa shape index (κ3) is 39.0. The lowest BCUT2D eigenvalue weighted by Crippen LogP contribution is -2.46. The van der Waals surface area contributed by atoms with Gasteiger partial charge in [-0.3, -0.25) is 13.8 Å². The zero-order valence-electron chi connectivity index (χ0n) is 35.3. The van der Waals surface area contributed by atoms with E-state index >= 15 is 0 Å². The molecule has 322 valence electrons. The van der Waals surface area contributed by atoms with Gasteiger partial charge in [0.05, 0.1) is 37.9 Å². The van der Waals surface area contributed by atoms with Gasteiger partial charge in [0.25, 0.3) is 0 Å². The molecule has 0 rings (SSSR count). The third-order valence-corrected chi connectivity index (χ3v) is 10.6. The highest BCUT2D eigenvalue weighted by molar-refractivity contribution is 7.47. The van der Waals surface area contributed by atoms with Gasteiger partial charge in [-0.05, 0) is 70.6 Å². The van der Waals surface area contributed by atoms with E-state index in [1.54, 1.807) is 6.08 Å². The van der Waals surface area contributed by atoms with Crippen LogP contribution in [0.15, 0.2) is 48.6 Å². The largest absolute Gasteiger partial charge is 0.472 e. The van der Waals surface area contributed by atoms with Crippen LogP contribution < -0.4 is 11.1 Å². The molecule has 0 heterocycles. The van der Waals surface area contributed by atoms with Crippen molar-refractivity contribution < 1.29 is 33.5 Å². The van der Waals surface area contributed by atoms with Crippen molar-refractivity contribution in [1.29, 1.82) is 0 Å². The minimum atomic E-state index is -4.41. The molecule has 0 spiro atoms. The Balaban J connectivity index is 4.34. The van der Waals surface area contributed by atoms with Crippen molar-refractivity contribution in [2.75, 3.05) is 19.8 Å². The Morgan fingerprint density at radius 3 is 1.53 bits per heavy atom. The predicted molar refractivity (Wildman–Crippen MR) is 232 cm³/mol. The van der Waals surface area contributed by atoms with Crippen molar-refractivity contribution >= 4 is 13.7 Å². The molecule has 4 atom stereocenters. The SMILES string of the molecule is CCCCCC/C=C/CC/C=C/CC/C=C/C(O)C(COP(=O)(O)OCCN)NC(=O)CC(O)CCCCCCC/C=C\CCCCCCCCCCCC. The summed E-state index contributed by atoms with van der Waals surface area (Å²) in [6.45, 7) is 3.91. The Bertz CT molecular complexity index is 1020. The minimum absolute atomic E-state index is 0.0401. The second-order valence-corrected chi connectivity index (χ2v) is 16.5. The summed E-state index contributed by atoms with van der Waals surface area (Å²) in [4.78, 5) is 22.7. The highest BCUT2D eigenvalue weighted by atomic mass is 31.2. The van der Waals surface area contributed by atoms with E-state index in [4.69, 9.17) is 14.8 Å². The average molecular weight is 797 g/mol. The number of hydrogen-bond acceptors (Lipinski definition) is 7. The van der Waals surface area contributed by atoms with E-state index in [9.17, 15) is 24.5 Å². The van der Waals surface area contributed by atoms with Crippen LogP contribution in [0.3, 0.4) is 0 Å². The van der Waals surface area contributed by atoms with Gasteiger partial charge in [-0.1, -0.05) is 165 Å². The molecule has 1 amide bonds. The van der Waals surface area contributed by atoms with E-state index in [2.05, 4.69) is 55.6 Å². The predicted octanol–water partition coefficient (Wildman–Crippen LogP) is 11.5. The lowest BCUT2D eigenvalue weighted by Gasteiger charge is -2.24. The Kier molecular flexibility index (Phi) is 39.4. The van der Waals surface area contributed by atoms with Crippen LogP contribution in [0.1, 0.15) is 194 Å². The van der Waals surface area contributed by atoms with Crippen molar-refractivity contribution in [3.8, 4) is 0 Å². The van der Waals surface area contributed by atoms with Crippen molar-refractivity contribution in [3.63, 3.8) is 0 Å². The lowest BCUT2D eigenvalue weighted by atomic mass is 10.0. The van der Waals surface area contributed by atoms with Crippen molar-refractivity contribution in [3.05, 3.63) is 48.6 Å². The third-order valence-electron chi connectivity index (χ3n) is 9.66. The molecule has 0 aliphatic heterocycles. The zero-order valence-corrected chi connectivity index (χ0v) is 36.2. The fraction of sp³-hybridized carbons (Fsp3) is 0.800. The van der Waals surface area contributed by atoms with Gasteiger partial charge in [-0.25, -0.2) is 4.57 Å². The molecule has 0 aromatic carbocycles. The molecule has 0 radical (unpaired) electrons. The number of phosphoric ester groups is 1. The van der Waals surface area contributed by atoms with Crippen LogP contribution in [0.2, 0.25) is 0 Å². The number of nitrogens with one attached hydrogen (secondary N) is 1. The maximum atomic E-state index is 12.8. The van der Waals surface area contributed by atoms with Crippen LogP contribution in [0.5, 0.6) is 0 Å². The fourth-order valence-corrected chi connectivity index (χ4v) is 7.02. The molecule has 4 unspecified atom stereocenters. The summed E-state index contributed by atoms with van der Waals surface area (Å²) in [5.41, 5.74) is 5.36.